The molecule has 19 heavy (non-hydrogen) atoms. The Morgan fingerprint density at radius 2 is 1.95 bits per heavy atom. The van der Waals surface area contributed by atoms with Gasteiger partial charge in [0.1, 0.15) is 5.75 Å². The molecule has 1 unspecified atom stereocenters. The van der Waals surface area contributed by atoms with E-state index < -0.39 is 18.7 Å². The van der Waals surface area contributed by atoms with Crippen LogP contribution in [0.3, 0.4) is 0 Å². The Bertz CT molecular complexity index is 382. The number of alkyl halides is 3. The highest BCUT2D eigenvalue weighted by Crippen LogP contribution is 2.28. The molecule has 0 aliphatic carbocycles. The van der Waals surface area contributed by atoms with Crippen LogP contribution in [0.15, 0.2) is 24.3 Å². The van der Waals surface area contributed by atoms with E-state index >= 15 is 0 Å². The maximum absolute atomic E-state index is 12.1. The molecule has 0 saturated heterocycles. The summed E-state index contributed by atoms with van der Waals surface area (Å²) in [5.41, 5.74) is 0.738. The van der Waals surface area contributed by atoms with Gasteiger partial charge in [0.2, 0.25) is 0 Å². The van der Waals surface area contributed by atoms with Crippen LogP contribution in [0.2, 0.25) is 0 Å². The number of likely N-dealkylation sites (N-methyl/N-ethyl adjacent to an activating group) is 1. The molecule has 0 heterocycles. The Morgan fingerprint density at radius 1 is 1.26 bits per heavy atom. The predicted octanol–water partition coefficient (Wildman–Crippen LogP) is 2.92. The van der Waals surface area contributed by atoms with Crippen molar-refractivity contribution in [3.63, 3.8) is 0 Å². The van der Waals surface area contributed by atoms with E-state index in [0.29, 0.717) is 12.3 Å². The molecule has 6 heteroatoms. The number of methoxy groups -OCH3 is 1. The summed E-state index contributed by atoms with van der Waals surface area (Å²) in [5.74, 6) is 0.606. The molecule has 0 spiro atoms. The number of hydrogen-bond donors (Lipinski definition) is 1. The molecular weight excluding hydrogens is 259 g/mol. The van der Waals surface area contributed by atoms with Gasteiger partial charge in [-0.2, -0.15) is 13.2 Å². The Hall–Kier alpha value is -1.27. The summed E-state index contributed by atoms with van der Waals surface area (Å²) in [7, 11) is 3.24. The minimum absolute atomic E-state index is 0.367. The lowest BCUT2D eigenvalue weighted by Gasteiger charge is -2.20. The van der Waals surface area contributed by atoms with Crippen LogP contribution in [0.5, 0.6) is 5.75 Å². The summed E-state index contributed by atoms with van der Waals surface area (Å²) in [4.78, 5) is 0. The summed E-state index contributed by atoms with van der Waals surface area (Å²) in [5, 5.41) is 2.90. The first-order chi connectivity index (χ1) is 8.98. The van der Waals surface area contributed by atoms with Crippen molar-refractivity contribution in [3.8, 4) is 5.75 Å². The largest absolute Gasteiger partial charge is 0.496 e. The molecule has 0 radical (unpaired) electrons. The van der Waals surface area contributed by atoms with Crippen molar-refractivity contribution >= 4 is 0 Å². The smallest absolute Gasteiger partial charge is 0.391 e. The van der Waals surface area contributed by atoms with Gasteiger partial charge in [0.05, 0.1) is 26.2 Å². The number of nitrogens with one attached hydrogen (secondary N) is 1. The molecule has 0 saturated carbocycles. The Labute approximate surface area is 110 Å². The van der Waals surface area contributed by atoms with E-state index in [1.807, 2.05) is 0 Å². The third-order valence-corrected chi connectivity index (χ3v) is 2.58. The lowest BCUT2D eigenvalue weighted by atomic mass is 10.1. The number of ether oxygens (including phenoxy) is 2. The Morgan fingerprint density at radius 3 is 2.53 bits per heavy atom. The molecule has 1 aromatic rings. The van der Waals surface area contributed by atoms with Crippen molar-refractivity contribution in [1.82, 2.24) is 5.32 Å². The summed E-state index contributed by atoms with van der Waals surface area (Å²) in [6.07, 6.45) is -5.63. The van der Waals surface area contributed by atoms with Gasteiger partial charge in [-0.1, -0.05) is 18.2 Å². The molecule has 0 bridgehead atoms. The zero-order chi connectivity index (χ0) is 14.3. The summed E-state index contributed by atoms with van der Waals surface area (Å²) < 4.78 is 46.9. The minimum Gasteiger partial charge on any atom is -0.496 e. The number of benzene rings is 1. The van der Waals surface area contributed by atoms with E-state index in [-0.39, 0.29) is 6.61 Å². The highest BCUT2D eigenvalue weighted by atomic mass is 19.4. The molecular formula is C13H18F3NO2. The molecule has 0 aliphatic rings. The molecule has 108 valence electrons. The lowest BCUT2D eigenvalue weighted by Crippen LogP contribution is -2.22. The van der Waals surface area contributed by atoms with Crippen LogP contribution in [-0.2, 0) is 4.74 Å². The van der Waals surface area contributed by atoms with Gasteiger partial charge in [-0.25, -0.2) is 0 Å². The number of hydrogen-bond acceptors (Lipinski definition) is 3. The van der Waals surface area contributed by atoms with E-state index in [0.717, 1.165) is 5.56 Å². The van der Waals surface area contributed by atoms with Crippen LogP contribution in [0.25, 0.3) is 0 Å². The molecule has 0 fully saturated rings. The highest BCUT2D eigenvalue weighted by Gasteiger charge is 2.27. The molecule has 0 aliphatic heterocycles. The highest BCUT2D eigenvalue weighted by molar-refractivity contribution is 5.35. The van der Waals surface area contributed by atoms with E-state index in [9.17, 15) is 13.2 Å². The second-order valence-electron chi connectivity index (χ2n) is 4.02. The fourth-order valence-corrected chi connectivity index (χ4v) is 1.69. The van der Waals surface area contributed by atoms with Crippen LogP contribution in [0, 0.1) is 0 Å². The van der Waals surface area contributed by atoms with E-state index in [4.69, 9.17) is 9.47 Å². The lowest BCUT2D eigenvalue weighted by molar-refractivity contribution is -0.149. The zero-order valence-electron chi connectivity index (χ0n) is 11.0. The van der Waals surface area contributed by atoms with Crippen molar-refractivity contribution < 1.29 is 22.6 Å². The normalized spacial score (nSPS) is 13.3. The van der Waals surface area contributed by atoms with Gasteiger partial charge in [-0.3, -0.25) is 0 Å². The van der Waals surface area contributed by atoms with Crippen LogP contribution in [-0.4, -0.2) is 33.5 Å². The topological polar surface area (TPSA) is 30.5 Å². The number of halogens is 3. The molecule has 1 N–H and O–H groups in total. The van der Waals surface area contributed by atoms with Crippen LogP contribution in [0.1, 0.15) is 18.1 Å². The zero-order valence-corrected chi connectivity index (χ0v) is 11.0. The summed E-state index contributed by atoms with van der Waals surface area (Å²) in [6.45, 7) is 0.0477. The Kier molecular flexibility index (Phi) is 6.11. The molecule has 0 aromatic heterocycles. The van der Waals surface area contributed by atoms with Crippen molar-refractivity contribution in [2.24, 2.45) is 0 Å². The summed E-state index contributed by atoms with van der Waals surface area (Å²) >= 11 is 0. The van der Waals surface area contributed by atoms with E-state index in [2.05, 4.69) is 5.32 Å². The summed E-state index contributed by atoms with van der Waals surface area (Å²) in [6, 6.07) is 7.14. The van der Waals surface area contributed by atoms with E-state index in [1.54, 1.807) is 31.3 Å². The average molecular weight is 277 g/mol. The second kappa shape index (κ2) is 7.35. The monoisotopic (exact) mass is 277 g/mol. The quantitative estimate of drug-likeness (QED) is 0.831. The van der Waals surface area contributed by atoms with Crippen molar-refractivity contribution in [3.05, 3.63) is 29.8 Å². The third-order valence-electron chi connectivity index (χ3n) is 2.58. The van der Waals surface area contributed by atoms with Gasteiger partial charge >= 0.3 is 6.18 Å². The van der Waals surface area contributed by atoms with Gasteiger partial charge in [-0.15, -0.1) is 0 Å². The predicted molar refractivity (Wildman–Crippen MR) is 66.3 cm³/mol. The molecule has 0 amide bonds. The third kappa shape index (κ3) is 5.48. The van der Waals surface area contributed by atoms with Crippen LogP contribution < -0.4 is 10.1 Å². The first-order valence-corrected chi connectivity index (χ1v) is 5.94. The maximum atomic E-state index is 12.1. The van der Waals surface area contributed by atoms with Gasteiger partial charge in [0.15, 0.2) is 0 Å². The fourth-order valence-electron chi connectivity index (χ4n) is 1.69. The van der Waals surface area contributed by atoms with Gasteiger partial charge in [0, 0.05) is 12.1 Å². The molecule has 1 aromatic carbocycles. The maximum Gasteiger partial charge on any atom is 0.391 e. The first-order valence-electron chi connectivity index (χ1n) is 5.94. The standard InChI is InChI=1S/C13H18F3NO2/c1-17-9-12(19-8-7-13(14,15)16)10-5-3-4-6-11(10)18-2/h3-6,12,17H,7-9H2,1-2H3. The molecule has 3 nitrogen and oxygen atoms in total. The van der Waals surface area contributed by atoms with Crippen molar-refractivity contribution in [2.45, 2.75) is 18.7 Å². The fraction of sp³-hybridized carbons (Fsp3) is 0.538. The van der Waals surface area contributed by atoms with Crippen molar-refractivity contribution in [2.75, 3.05) is 27.3 Å². The Balaban J connectivity index is 2.71. The minimum atomic E-state index is -4.20. The molecule has 1 atom stereocenters. The second-order valence-corrected chi connectivity index (χ2v) is 4.02. The van der Waals surface area contributed by atoms with Crippen LogP contribution >= 0.6 is 0 Å². The van der Waals surface area contributed by atoms with Crippen LogP contribution in [0.4, 0.5) is 13.2 Å². The van der Waals surface area contributed by atoms with Gasteiger partial charge in [-0.05, 0) is 13.1 Å². The first kappa shape index (κ1) is 15.8. The van der Waals surface area contributed by atoms with Gasteiger partial charge in [0.25, 0.3) is 0 Å². The SMILES string of the molecule is CNCC(OCCC(F)(F)F)c1ccccc1OC. The number of para-hydroxylation sites is 1. The van der Waals surface area contributed by atoms with Crippen molar-refractivity contribution in [1.29, 1.82) is 0 Å². The van der Waals surface area contributed by atoms with Gasteiger partial charge < -0.3 is 14.8 Å². The molecule has 1 rings (SSSR count). The average Bonchev–Trinajstić information content (AvgIpc) is 2.36. The number of rotatable bonds is 7. The van der Waals surface area contributed by atoms with E-state index in [1.165, 1.54) is 7.11 Å².